The van der Waals surface area contributed by atoms with E-state index < -0.39 is 12.1 Å². The maximum atomic E-state index is 13.0. The first-order chi connectivity index (χ1) is 25.1. The van der Waals surface area contributed by atoms with Crippen LogP contribution in [0.4, 0.5) is 0 Å². The Kier molecular flexibility index (Phi) is 31.2. The number of rotatable bonds is 35. The number of amides is 4. The van der Waals surface area contributed by atoms with E-state index in [0.29, 0.717) is 51.7 Å². The molecule has 52 heavy (non-hydrogen) atoms. The Morgan fingerprint density at radius 1 is 0.365 bits per heavy atom. The second-order valence-corrected chi connectivity index (χ2v) is 13.6. The van der Waals surface area contributed by atoms with Gasteiger partial charge < -0.3 is 53.2 Å². The summed E-state index contributed by atoms with van der Waals surface area (Å²) in [5, 5.41) is 30.4. The molecule has 0 saturated carbocycles. The van der Waals surface area contributed by atoms with Gasteiger partial charge in [0.15, 0.2) is 5.78 Å². The SMILES string of the molecule is CNCCCCC(NC)C(=O)NCCCCC(NC)C(=O)NCCCCC(NC(=O)C(CCCCNC(=O)C(CCCCNC)NC)NC)C(C)=O. The minimum atomic E-state index is -0.586. The molecule has 10 N–H and O–H groups in total. The number of unbranched alkanes of at least 4 members (excludes halogenated alkanes) is 5. The van der Waals surface area contributed by atoms with Crippen LogP contribution in [0.1, 0.15) is 103 Å². The topological polar surface area (TPSA) is 206 Å². The van der Waals surface area contributed by atoms with E-state index in [2.05, 4.69) is 53.2 Å². The van der Waals surface area contributed by atoms with Crippen molar-refractivity contribution < 1.29 is 24.0 Å². The highest BCUT2D eigenvalue weighted by Crippen LogP contribution is 2.07. The zero-order valence-corrected chi connectivity index (χ0v) is 33.6. The largest absolute Gasteiger partial charge is 0.355 e. The summed E-state index contributed by atoms with van der Waals surface area (Å²) in [7, 11) is 11.0. The van der Waals surface area contributed by atoms with Crippen LogP contribution in [0.15, 0.2) is 0 Å². The van der Waals surface area contributed by atoms with Gasteiger partial charge in [-0.15, -0.1) is 0 Å². The number of hydrogen-bond acceptors (Lipinski definition) is 11. The quantitative estimate of drug-likeness (QED) is 0.0393. The summed E-state index contributed by atoms with van der Waals surface area (Å²) in [6.07, 6.45) is 11.8. The van der Waals surface area contributed by atoms with Crippen molar-refractivity contribution in [3.05, 3.63) is 0 Å². The van der Waals surface area contributed by atoms with Crippen molar-refractivity contribution in [1.82, 2.24) is 53.2 Å². The molecule has 0 bridgehead atoms. The summed E-state index contributed by atoms with van der Waals surface area (Å²) in [4.78, 5) is 63.0. The minimum absolute atomic E-state index is 0.000322. The van der Waals surface area contributed by atoms with Crippen molar-refractivity contribution in [2.75, 3.05) is 75.0 Å². The number of hydrogen-bond donors (Lipinski definition) is 10. The van der Waals surface area contributed by atoms with Crippen molar-refractivity contribution in [1.29, 1.82) is 0 Å². The summed E-state index contributed by atoms with van der Waals surface area (Å²) in [5.41, 5.74) is 0. The molecule has 4 amide bonds. The fraction of sp³-hybridized carbons (Fsp3) is 0.865. The molecular formula is C37H76N10O5. The van der Waals surface area contributed by atoms with Crippen LogP contribution < -0.4 is 53.2 Å². The molecule has 0 fully saturated rings. The second kappa shape index (κ2) is 32.9. The first-order valence-electron chi connectivity index (χ1n) is 19.7. The lowest BCUT2D eigenvalue weighted by Crippen LogP contribution is -2.49. The van der Waals surface area contributed by atoms with Gasteiger partial charge in [-0.05, 0) is 146 Å². The maximum Gasteiger partial charge on any atom is 0.237 e. The van der Waals surface area contributed by atoms with Gasteiger partial charge in [0.05, 0.1) is 30.2 Å². The average molecular weight is 741 g/mol. The molecule has 304 valence electrons. The lowest BCUT2D eigenvalue weighted by atomic mass is 10.0. The van der Waals surface area contributed by atoms with Crippen molar-refractivity contribution in [3.63, 3.8) is 0 Å². The third kappa shape index (κ3) is 23.8. The Balaban J connectivity index is 4.37. The van der Waals surface area contributed by atoms with E-state index in [9.17, 15) is 24.0 Å². The summed E-state index contributed by atoms with van der Waals surface area (Å²) < 4.78 is 0. The summed E-state index contributed by atoms with van der Waals surface area (Å²) in [6, 6.07) is -1.75. The fourth-order valence-electron chi connectivity index (χ4n) is 6.00. The van der Waals surface area contributed by atoms with Gasteiger partial charge in [0, 0.05) is 19.6 Å². The summed E-state index contributed by atoms with van der Waals surface area (Å²) in [6.45, 7) is 4.96. The molecule has 0 aliphatic rings. The Morgan fingerprint density at radius 3 is 0.904 bits per heavy atom. The van der Waals surface area contributed by atoms with Crippen LogP contribution in [0.3, 0.4) is 0 Å². The van der Waals surface area contributed by atoms with E-state index in [1.54, 1.807) is 21.1 Å². The fourth-order valence-corrected chi connectivity index (χ4v) is 6.00. The lowest BCUT2D eigenvalue weighted by Gasteiger charge is -2.21. The molecule has 0 heterocycles. The summed E-state index contributed by atoms with van der Waals surface area (Å²) >= 11 is 0. The van der Waals surface area contributed by atoms with E-state index in [-0.39, 0.29) is 47.5 Å². The van der Waals surface area contributed by atoms with Gasteiger partial charge >= 0.3 is 0 Å². The van der Waals surface area contributed by atoms with Crippen LogP contribution in [-0.2, 0) is 24.0 Å². The molecule has 0 rings (SSSR count). The Hall–Kier alpha value is -2.69. The van der Waals surface area contributed by atoms with Gasteiger partial charge in [0.2, 0.25) is 23.6 Å². The molecule has 5 atom stereocenters. The monoisotopic (exact) mass is 741 g/mol. The predicted molar refractivity (Wildman–Crippen MR) is 210 cm³/mol. The van der Waals surface area contributed by atoms with E-state index >= 15 is 0 Å². The molecule has 0 aliphatic carbocycles. The predicted octanol–water partition coefficient (Wildman–Crippen LogP) is 0.0511. The van der Waals surface area contributed by atoms with Crippen LogP contribution >= 0.6 is 0 Å². The third-order valence-electron chi connectivity index (χ3n) is 9.46. The summed E-state index contributed by atoms with van der Waals surface area (Å²) in [5.74, 6) is -0.368. The van der Waals surface area contributed by atoms with Gasteiger partial charge in [-0.25, -0.2) is 0 Å². The zero-order valence-electron chi connectivity index (χ0n) is 33.6. The van der Waals surface area contributed by atoms with Gasteiger partial charge in [0.1, 0.15) is 0 Å². The molecule has 0 aromatic heterocycles. The maximum absolute atomic E-state index is 13.0. The molecule has 0 aromatic rings. The number of likely N-dealkylation sites (N-methyl/N-ethyl adjacent to an activating group) is 4. The van der Waals surface area contributed by atoms with E-state index in [1.165, 1.54) is 6.92 Å². The highest BCUT2D eigenvalue weighted by atomic mass is 16.2. The second-order valence-electron chi connectivity index (χ2n) is 13.6. The number of nitrogens with one attached hydrogen (secondary N) is 10. The molecule has 0 aromatic carbocycles. The Labute approximate surface area is 314 Å². The Bertz CT molecular complexity index is 973. The Morgan fingerprint density at radius 2 is 0.635 bits per heavy atom. The van der Waals surface area contributed by atoms with E-state index in [1.807, 2.05) is 21.1 Å². The smallest absolute Gasteiger partial charge is 0.237 e. The van der Waals surface area contributed by atoms with Crippen LogP contribution in [0.2, 0.25) is 0 Å². The molecule has 0 spiro atoms. The molecule has 0 saturated heterocycles. The number of carbonyl (C=O) groups excluding carboxylic acids is 5. The number of ketones is 1. The van der Waals surface area contributed by atoms with Crippen LogP contribution in [0.5, 0.6) is 0 Å². The highest BCUT2D eigenvalue weighted by molar-refractivity contribution is 5.89. The molecular weight excluding hydrogens is 664 g/mol. The highest BCUT2D eigenvalue weighted by Gasteiger charge is 2.23. The van der Waals surface area contributed by atoms with Gasteiger partial charge in [-0.3, -0.25) is 24.0 Å². The third-order valence-corrected chi connectivity index (χ3v) is 9.46. The van der Waals surface area contributed by atoms with Crippen molar-refractivity contribution >= 4 is 29.4 Å². The van der Waals surface area contributed by atoms with Crippen molar-refractivity contribution in [3.8, 4) is 0 Å². The lowest BCUT2D eigenvalue weighted by molar-refractivity contribution is -0.128. The number of Topliss-reactive ketones (excluding diaryl/α,β-unsaturated/α-hetero) is 1. The van der Waals surface area contributed by atoms with Crippen LogP contribution in [0.25, 0.3) is 0 Å². The van der Waals surface area contributed by atoms with Gasteiger partial charge in [-0.1, -0.05) is 12.8 Å². The molecule has 15 nitrogen and oxygen atoms in total. The first-order valence-corrected chi connectivity index (χ1v) is 19.7. The molecule has 0 aliphatic heterocycles. The average Bonchev–Trinajstić information content (AvgIpc) is 3.13. The van der Waals surface area contributed by atoms with E-state index in [4.69, 9.17) is 0 Å². The molecule has 5 unspecified atom stereocenters. The van der Waals surface area contributed by atoms with Crippen LogP contribution in [0, 0.1) is 0 Å². The van der Waals surface area contributed by atoms with E-state index in [0.717, 1.165) is 77.3 Å². The van der Waals surface area contributed by atoms with Crippen molar-refractivity contribution in [2.45, 2.75) is 133 Å². The molecule has 15 heteroatoms. The van der Waals surface area contributed by atoms with Gasteiger partial charge in [0.25, 0.3) is 0 Å². The molecule has 0 radical (unpaired) electrons. The van der Waals surface area contributed by atoms with Gasteiger partial charge in [-0.2, -0.15) is 0 Å². The first kappa shape index (κ1) is 49.3. The normalized spacial score (nSPS) is 14.1. The van der Waals surface area contributed by atoms with Crippen LogP contribution in [-0.4, -0.2) is 135 Å². The standard InChI is InChI=1S/C37H76N10O5/c1-28(48)29(47-37(52)33(43-7)22-12-17-27-46-35(50)31(41-5)20-9-14-24-39-3)18-10-15-25-44-36(51)32(42-6)21-11-16-26-45-34(49)30(40-4)19-8-13-23-38-2/h29-33,38-43H,8-27H2,1-7H3,(H,44,51)(H,45,49)(H,46,50)(H,47,52). The number of carbonyl (C=O) groups is 5. The minimum Gasteiger partial charge on any atom is -0.355 e. The van der Waals surface area contributed by atoms with Crippen molar-refractivity contribution in [2.24, 2.45) is 0 Å². The zero-order chi connectivity index (χ0) is 39.0.